The molecule has 3 aromatic heterocycles. The van der Waals surface area contributed by atoms with Crippen molar-refractivity contribution >= 4 is 65.3 Å². The van der Waals surface area contributed by atoms with Crippen LogP contribution in [0.4, 0.5) is 0 Å². The molecule has 10 rings (SSSR count). The number of hydrogen-bond acceptors (Lipinski definition) is 2. The number of para-hydroxylation sites is 4. The van der Waals surface area contributed by atoms with Gasteiger partial charge >= 0.3 is 0 Å². The molecule has 0 fully saturated rings. The predicted octanol–water partition coefficient (Wildman–Crippen LogP) is 10.6. The molecule has 0 bridgehead atoms. The van der Waals surface area contributed by atoms with E-state index in [9.17, 15) is 0 Å². The number of aromatic nitrogens is 4. The highest BCUT2D eigenvalue weighted by Crippen LogP contribution is 2.43. The fraction of sp³-hybridized carbons (Fsp3) is 0. The van der Waals surface area contributed by atoms with Gasteiger partial charge in [0.25, 0.3) is 0 Å². The summed E-state index contributed by atoms with van der Waals surface area (Å²) in [6.07, 6.45) is 0. The zero-order valence-electron chi connectivity index (χ0n) is 24.8. The molecule has 3 heterocycles. The summed E-state index contributed by atoms with van der Waals surface area (Å²) in [7, 11) is 0. The lowest BCUT2D eigenvalue weighted by atomic mass is 10.0. The lowest BCUT2D eigenvalue weighted by Crippen LogP contribution is -2.03. The predicted molar refractivity (Wildman–Crippen MR) is 191 cm³/mol. The normalized spacial score (nSPS) is 11.9. The van der Waals surface area contributed by atoms with Gasteiger partial charge in [-0.15, -0.1) is 0 Å². The lowest BCUT2D eigenvalue weighted by molar-refractivity contribution is 1.01. The Hall–Kier alpha value is -6.26. The van der Waals surface area contributed by atoms with Gasteiger partial charge in [0.15, 0.2) is 0 Å². The van der Waals surface area contributed by atoms with E-state index in [0.29, 0.717) is 5.95 Å². The Morgan fingerprint density at radius 2 is 1.02 bits per heavy atom. The van der Waals surface area contributed by atoms with E-state index in [1.807, 2.05) is 12.1 Å². The molecular formula is C42H26N4. The highest BCUT2D eigenvalue weighted by Gasteiger charge is 2.22. The van der Waals surface area contributed by atoms with Crippen molar-refractivity contribution in [2.45, 2.75) is 0 Å². The van der Waals surface area contributed by atoms with Crippen LogP contribution >= 0.6 is 0 Å². The Bertz CT molecular complexity index is 2790. The van der Waals surface area contributed by atoms with Crippen LogP contribution < -0.4 is 0 Å². The van der Waals surface area contributed by atoms with Crippen LogP contribution in [0.25, 0.3) is 88.2 Å². The van der Waals surface area contributed by atoms with Gasteiger partial charge < -0.3 is 4.57 Å². The number of nitrogens with zero attached hydrogens (tertiary/aromatic N) is 4. The van der Waals surface area contributed by atoms with Gasteiger partial charge in [-0.2, -0.15) is 0 Å². The monoisotopic (exact) mass is 586 g/mol. The summed E-state index contributed by atoms with van der Waals surface area (Å²) in [4.78, 5) is 10.5. The van der Waals surface area contributed by atoms with E-state index in [-0.39, 0.29) is 0 Å². The molecule has 0 aliphatic rings. The van der Waals surface area contributed by atoms with E-state index < -0.39 is 0 Å². The molecule has 0 saturated carbocycles. The van der Waals surface area contributed by atoms with E-state index >= 15 is 0 Å². The maximum absolute atomic E-state index is 5.30. The zero-order valence-corrected chi connectivity index (χ0v) is 24.8. The topological polar surface area (TPSA) is 35.6 Å². The Morgan fingerprint density at radius 1 is 0.391 bits per heavy atom. The summed E-state index contributed by atoms with van der Waals surface area (Å²) in [5.74, 6) is 0.666. The van der Waals surface area contributed by atoms with Gasteiger partial charge in [0.2, 0.25) is 5.95 Å². The standard InChI is InChI=1S/C42H26N4/c1-3-13-28(14-4-1)40-32-18-7-10-20-34(32)43-42(44-40)46-36-22-12-9-19-33(36)39-37(46)26-24-27-23-25-31-30-17-8-11-21-35(30)45(41(31)38(27)39)29-15-5-2-6-16-29/h1-26H. The molecule has 7 aromatic carbocycles. The highest BCUT2D eigenvalue weighted by atomic mass is 15.2. The van der Waals surface area contributed by atoms with E-state index in [1.54, 1.807) is 0 Å². The maximum atomic E-state index is 5.30. The number of hydrogen-bond donors (Lipinski definition) is 0. The number of rotatable bonds is 3. The zero-order chi connectivity index (χ0) is 30.2. The Labute approximate surface area is 264 Å². The summed E-state index contributed by atoms with van der Waals surface area (Å²) >= 11 is 0. The van der Waals surface area contributed by atoms with Gasteiger partial charge in [0.1, 0.15) is 0 Å². The second-order valence-corrected chi connectivity index (χ2v) is 11.8. The third-order valence-electron chi connectivity index (χ3n) is 9.30. The average Bonchev–Trinajstić information content (AvgIpc) is 3.65. The van der Waals surface area contributed by atoms with E-state index in [4.69, 9.17) is 9.97 Å². The van der Waals surface area contributed by atoms with Crippen LogP contribution in [0.15, 0.2) is 158 Å². The van der Waals surface area contributed by atoms with Crippen LogP contribution in [-0.4, -0.2) is 19.1 Å². The third kappa shape index (κ3) is 3.49. The van der Waals surface area contributed by atoms with Crippen molar-refractivity contribution in [3.05, 3.63) is 158 Å². The van der Waals surface area contributed by atoms with Crippen LogP contribution in [0.1, 0.15) is 0 Å². The molecule has 0 aliphatic heterocycles. The lowest BCUT2D eigenvalue weighted by Gasteiger charge is -2.12. The van der Waals surface area contributed by atoms with E-state index in [1.165, 1.54) is 43.4 Å². The van der Waals surface area contributed by atoms with E-state index in [0.717, 1.165) is 38.9 Å². The molecule has 0 aliphatic carbocycles. The molecule has 0 saturated heterocycles. The summed E-state index contributed by atoms with van der Waals surface area (Å²) in [6, 6.07) is 55.8. The van der Waals surface area contributed by atoms with Gasteiger partial charge in [-0.3, -0.25) is 4.57 Å². The quantitative estimate of drug-likeness (QED) is 0.206. The van der Waals surface area contributed by atoms with Crippen molar-refractivity contribution in [2.24, 2.45) is 0 Å². The van der Waals surface area contributed by atoms with Crippen LogP contribution in [-0.2, 0) is 0 Å². The van der Waals surface area contributed by atoms with Crippen molar-refractivity contribution in [2.75, 3.05) is 0 Å². The molecule has 46 heavy (non-hydrogen) atoms. The third-order valence-corrected chi connectivity index (χ3v) is 9.30. The van der Waals surface area contributed by atoms with Gasteiger partial charge in [0, 0.05) is 43.6 Å². The molecule has 214 valence electrons. The Morgan fingerprint density at radius 3 is 1.83 bits per heavy atom. The van der Waals surface area contributed by atoms with Crippen LogP contribution in [0.5, 0.6) is 0 Å². The molecule has 4 heteroatoms. The van der Waals surface area contributed by atoms with Crippen molar-refractivity contribution in [3.63, 3.8) is 0 Å². The van der Waals surface area contributed by atoms with Crippen molar-refractivity contribution in [3.8, 4) is 22.9 Å². The molecule has 0 unspecified atom stereocenters. The molecule has 10 aromatic rings. The van der Waals surface area contributed by atoms with Crippen LogP contribution in [0.3, 0.4) is 0 Å². The molecular weight excluding hydrogens is 560 g/mol. The fourth-order valence-corrected chi connectivity index (χ4v) is 7.36. The second-order valence-electron chi connectivity index (χ2n) is 11.8. The summed E-state index contributed by atoms with van der Waals surface area (Å²) in [5.41, 5.74) is 8.64. The van der Waals surface area contributed by atoms with Crippen molar-refractivity contribution in [1.82, 2.24) is 19.1 Å². The minimum absolute atomic E-state index is 0.666. The fourth-order valence-electron chi connectivity index (χ4n) is 7.36. The Balaban J connectivity index is 1.40. The molecule has 0 spiro atoms. The average molecular weight is 587 g/mol. The minimum atomic E-state index is 0.666. The van der Waals surface area contributed by atoms with Gasteiger partial charge in [-0.25, -0.2) is 9.97 Å². The smallest absolute Gasteiger partial charge is 0.235 e. The number of benzene rings is 7. The maximum Gasteiger partial charge on any atom is 0.235 e. The van der Waals surface area contributed by atoms with Gasteiger partial charge in [-0.1, -0.05) is 121 Å². The van der Waals surface area contributed by atoms with Crippen LogP contribution in [0, 0.1) is 0 Å². The summed E-state index contributed by atoms with van der Waals surface area (Å²) in [6.45, 7) is 0. The van der Waals surface area contributed by atoms with E-state index in [2.05, 4.69) is 155 Å². The van der Waals surface area contributed by atoms with Gasteiger partial charge in [-0.05, 0) is 41.8 Å². The van der Waals surface area contributed by atoms with Crippen LogP contribution in [0.2, 0.25) is 0 Å². The number of fused-ring (bicyclic) bond motifs is 10. The molecule has 0 atom stereocenters. The first-order valence-electron chi connectivity index (χ1n) is 15.6. The SMILES string of the molecule is c1ccc(-c2nc(-n3c4ccccc4c4c5c(ccc6c7ccccc7n(-c7ccccc7)c65)ccc43)nc3ccccc23)cc1. The summed E-state index contributed by atoms with van der Waals surface area (Å²) < 4.78 is 4.68. The largest absolute Gasteiger partial charge is 0.309 e. The Kier molecular flexibility index (Phi) is 5.25. The first kappa shape index (κ1) is 25.1. The highest BCUT2D eigenvalue weighted by molar-refractivity contribution is 6.30. The summed E-state index contributed by atoms with van der Waals surface area (Å²) in [5, 5.41) is 8.34. The van der Waals surface area contributed by atoms with Crippen molar-refractivity contribution in [1.29, 1.82) is 0 Å². The minimum Gasteiger partial charge on any atom is -0.309 e. The first-order valence-corrected chi connectivity index (χ1v) is 15.6. The van der Waals surface area contributed by atoms with Gasteiger partial charge in [0.05, 0.1) is 33.3 Å². The molecule has 0 N–H and O–H groups in total. The molecule has 0 radical (unpaired) electrons. The van der Waals surface area contributed by atoms with Crippen molar-refractivity contribution < 1.29 is 0 Å². The first-order chi connectivity index (χ1) is 22.8. The molecule has 4 nitrogen and oxygen atoms in total. The second kappa shape index (κ2) is 9.62. The molecule has 0 amide bonds.